The molecule has 0 aliphatic carbocycles. The zero-order chi connectivity index (χ0) is 20.8. The van der Waals surface area contributed by atoms with E-state index in [-0.39, 0.29) is 17.2 Å². The fourth-order valence-electron chi connectivity index (χ4n) is 2.42. The summed E-state index contributed by atoms with van der Waals surface area (Å²) in [5.41, 5.74) is 0.924. The first kappa shape index (κ1) is 20.6. The van der Waals surface area contributed by atoms with Crippen LogP contribution in [0.15, 0.2) is 42.5 Å². The molecule has 2 aromatic carbocycles. The third-order valence-corrected chi connectivity index (χ3v) is 3.75. The van der Waals surface area contributed by atoms with Gasteiger partial charge in [-0.3, -0.25) is 19.7 Å². The van der Waals surface area contributed by atoms with E-state index in [9.17, 15) is 24.5 Å². The van der Waals surface area contributed by atoms with Gasteiger partial charge in [-0.2, -0.15) is 0 Å². The molecule has 0 radical (unpaired) electrons. The Morgan fingerprint density at radius 2 is 1.68 bits per heavy atom. The first-order valence-electron chi connectivity index (χ1n) is 8.22. The molecular formula is C19H19N3O6. The molecule has 28 heavy (non-hydrogen) atoms. The lowest BCUT2D eigenvalue weighted by molar-refractivity contribution is -0.384. The molecule has 146 valence electrons. The predicted octanol–water partition coefficient (Wildman–Crippen LogP) is 2.66. The number of carbonyl (C=O) groups excluding carboxylic acids is 3. The van der Waals surface area contributed by atoms with Crippen LogP contribution in [0.5, 0.6) is 0 Å². The number of benzene rings is 2. The molecule has 9 nitrogen and oxygen atoms in total. The second kappa shape index (κ2) is 8.76. The number of Topliss-reactive ketones (excluding diaryl/α,β-unsaturated/α-hetero) is 1. The Kier molecular flexibility index (Phi) is 6.43. The van der Waals surface area contributed by atoms with Gasteiger partial charge in [0.25, 0.3) is 5.69 Å². The third kappa shape index (κ3) is 5.13. The van der Waals surface area contributed by atoms with Crippen molar-refractivity contribution in [3.63, 3.8) is 0 Å². The fraction of sp³-hybridized carbons (Fsp3) is 0.211. The van der Waals surface area contributed by atoms with Crippen LogP contribution in [0.25, 0.3) is 0 Å². The van der Waals surface area contributed by atoms with Gasteiger partial charge in [-0.1, -0.05) is 0 Å². The number of hydrogen-bond donors (Lipinski definition) is 1. The van der Waals surface area contributed by atoms with E-state index >= 15 is 0 Å². The molecule has 1 N–H and O–H groups in total. The van der Waals surface area contributed by atoms with Crippen LogP contribution >= 0.6 is 0 Å². The molecule has 0 spiro atoms. The molecule has 1 amide bonds. The molecule has 0 saturated heterocycles. The predicted molar refractivity (Wildman–Crippen MR) is 103 cm³/mol. The molecule has 0 saturated carbocycles. The summed E-state index contributed by atoms with van der Waals surface area (Å²) in [6, 6.07) is 10.1. The molecule has 0 aliphatic heterocycles. The van der Waals surface area contributed by atoms with E-state index in [1.54, 1.807) is 31.1 Å². The highest BCUT2D eigenvalue weighted by Crippen LogP contribution is 2.28. The summed E-state index contributed by atoms with van der Waals surface area (Å²) in [6.07, 6.45) is 0. The number of anilines is 2. The Labute approximate surface area is 161 Å². The Morgan fingerprint density at radius 1 is 1.07 bits per heavy atom. The van der Waals surface area contributed by atoms with Gasteiger partial charge in [0.1, 0.15) is 5.69 Å². The topological polar surface area (TPSA) is 119 Å². The van der Waals surface area contributed by atoms with Gasteiger partial charge in [0.05, 0.1) is 10.5 Å². The number of rotatable bonds is 7. The number of hydrogen-bond acceptors (Lipinski definition) is 7. The number of amides is 1. The summed E-state index contributed by atoms with van der Waals surface area (Å²) in [4.78, 5) is 47.5. The molecular weight excluding hydrogens is 366 g/mol. The molecule has 9 heteroatoms. The van der Waals surface area contributed by atoms with Gasteiger partial charge in [-0.25, -0.2) is 4.79 Å². The first-order valence-corrected chi connectivity index (χ1v) is 8.22. The smallest absolute Gasteiger partial charge is 0.338 e. The number of ketones is 1. The second-order valence-corrected chi connectivity index (χ2v) is 6.11. The van der Waals surface area contributed by atoms with E-state index in [0.29, 0.717) is 16.9 Å². The number of carbonyl (C=O) groups is 3. The van der Waals surface area contributed by atoms with Crippen LogP contribution in [0, 0.1) is 10.1 Å². The maximum Gasteiger partial charge on any atom is 0.338 e. The molecule has 0 aliphatic rings. The maximum atomic E-state index is 12.2. The van der Waals surface area contributed by atoms with E-state index in [1.807, 2.05) is 0 Å². The van der Waals surface area contributed by atoms with Gasteiger partial charge in [-0.15, -0.1) is 0 Å². The summed E-state index contributed by atoms with van der Waals surface area (Å²) in [7, 11) is 3.30. The molecule has 0 aromatic heterocycles. The number of nitro groups is 1. The van der Waals surface area contributed by atoms with Crippen LogP contribution in [0.4, 0.5) is 17.1 Å². The van der Waals surface area contributed by atoms with Gasteiger partial charge in [0.2, 0.25) is 5.91 Å². The monoisotopic (exact) mass is 385 g/mol. The quantitative estimate of drug-likeness (QED) is 0.337. The van der Waals surface area contributed by atoms with Crippen LogP contribution in [-0.2, 0) is 9.53 Å². The van der Waals surface area contributed by atoms with E-state index in [0.717, 1.165) is 6.07 Å². The standard InChI is InChI=1S/C19H19N3O6/c1-12(23)20-15-7-4-13(5-8-15)18(24)11-28-19(25)14-6-9-16(21(2)3)17(10-14)22(26)27/h4-10H,11H2,1-3H3,(H,20,23). The summed E-state index contributed by atoms with van der Waals surface area (Å²) in [5, 5.41) is 13.8. The molecule has 0 bridgehead atoms. The van der Waals surface area contributed by atoms with E-state index in [1.165, 1.54) is 31.2 Å². The van der Waals surface area contributed by atoms with Crippen molar-refractivity contribution in [2.24, 2.45) is 0 Å². The van der Waals surface area contributed by atoms with Crippen LogP contribution in [0.2, 0.25) is 0 Å². The van der Waals surface area contributed by atoms with Crippen LogP contribution in [0.3, 0.4) is 0 Å². The minimum atomic E-state index is -0.836. The maximum absolute atomic E-state index is 12.2. The van der Waals surface area contributed by atoms with E-state index in [4.69, 9.17) is 4.74 Å². The van der Waals surface area contributed by atoms with Gasteiger partial charge < -0.3 is 15.0 Å². The van der Waals surface area contributed by atoms with Gasteiger partial charge >= 0.3 is 5.97 Å². The van der Waals surface area contributed by atoms with Gasteiger partial charge in [0.15, 0.2) is 12.4 Å². The SMILES string of the molecule is CC(=O)Nc1ccc(C(=O)COC(=O)c2ccc(N(C)C)c([N+](=O)[O-])c2)cc1. The highest BCUT2D eigenvalue weighted by atomic mass is 16.6. The second-order valence-electron chi connectivity index (χ2n) is 6.11. The highest BCUT2D eigenvalue weighted by molar-refractivity contribution is 6.00. The summed E-state index contributed by atoms with van der Waals surface area (Å²) >= 11 is 0. The van der Waals surface area contributed by atoms with Crippen molar-refractivity contribution < 1.29 is 24.0 Å². The molecule has 0 fully saturated rings. The number of nitrogens with one attached hydrogen (secondary N) is 1. The lowest BCUT2D eigenvalue weighted by atomic mass is 10.1. The summed E-state index contributed by atoms with van der Waals surface area (Å²) in [5.74, 6) is -1.51. The van der Waals surface area contributed by atoms with Crippen molar-refractivity contribution in [1.29, 1.82) is 0 Å². The van der Waals surface area contributed by atoms with Crippen molar-refractivity contribution in [1.82, 2.24) is 0 Å². The Bertz CT molecular complexity index is 922. The Balaban J connectivity index is 2.05. The van der Waals surface area contributed by atoms with Crippen molar-refractivity contribution in [2.75, 3.05) is 30.9 Å². The van der Waals surface area contributed by atoms with Crippen LogP contribution in [-0.4, -0.2) is 43.3 Å². The number of nitro benzene ring substituents is 1. The first-order chi connectivity index (χ1) is 13.2. The normalized spacial score (nSPS) is 10.1. The van der Waals surface area contributed by atoms with Crippen molar-refractivity contribution >= 4 is 34.7 Å². The van der Waals surface area contributed by atoms with Crippen molar-refractivity contribution in [2.45, 2.75) is 6.92 Å². The lowest BCUT2D eigenvalue weighted by Gasteiger charge is -2.13. The van der Waals surface area contributed by atoms with Crippen molar-refractivity contribution in [3.8, 4) is 0 Å². The average molecular weight is 385 g/mol. The molecule has 2 aromatic rings. The summed E-state index contributed by atoms with van der Waals surface area (Å²) < 4.78 is 4.98. The lowest BCUT2D eigenvalue weighted by Crippen LogP contribution is -2.16. The number of nitrogens with zero attached hydrogens (tertiary/aromatic N) is 2. The molecule has 0 unspecified atom stereocenters. The minimum absolute atomic E-state index is 0.0221. The van der Waals surface area contributed by atoms with E-state index < -0.39 is 23.3 Å². The molecule has 0 heterocycles. The van der Waals surface area contributed by atoms with Gasteiger partial charge in [-0.05, 0) is 36.4 Å². The Morgan fingerprint density at radius 3 is 2.21 bits per heavy atom. The Hall–Kier alpha value is -3.75. The van der Waals surface area contributed by atoms with E-state index in [2.05, 4.69) is 5.32 Å². The molecule has 0 atom stereocenters. The van der Waals surface area contributed by atoms with Crippen LogP contribution < -0.4 is 10.2 Å². The largest absolute Gasteiger partial charge is 0.454 e. The fourth-order valence-corrected chi connectivity index (χ4v) is 2.42. The zero-order valence-corrected chi connectivity index (χ0v) is 15.6. The number of ether oxygens (including phenoxy) is 1. The summed E-state index contributed by atoms with van der Waals surface area (Å²) in [6.45, 7) is 0.857. The average Bonchev–Trinajstić information content (AvgIpc) is 2.65. The zero-order valence-electron chi connectivity index (χ0n) is 15.6. The van der Waals surface area contributed by atoms with Crippen molar-refractivity contribution in [3.05, 3.63) is 63.7 Å². The third-order valence-electron chi connectivity index (χ3n) is 3.75. The minimum Gasteiger partial charge on any atom is -0.454 e. The van der Waals surface area contributed by atoms with Gasteiger partial charge in [0, 0.05) is 38.3 Å². The van der Waals surface area contributed by atoms with Crippen LogP contribution in [0.1, 0.15) is 27.6 Å². The highest BCUT2D eigenvalue weighted by Gasteiger charge is 2.20. The number of esters is 1. The molecule has 2 rings (SSSR count).